The van der Waals surface area contributed by atoms with Crippen LogP contribution in [0.15, 0.2) is 102 Å². The third kappa shape index (κ3) is 21.2. The molecule has 4 saturated heterocycles. The Balaban J connectivity index is 0.000000195. The van der Waals surface area contributed by atoms with Crippen molar-refractivity contribution < 1.29 is 38.4 Å². The standard InChI is InChI=1S/C16H21N3O2S.C15H21N3O4.C15H23N3O2.C10H13N3O2/c1-16(2,3)21-15(20)19-10-8-18(9-11-19)14-6-4-13(5-7-14)17-12-22;1-15(2,3)22-14(19)17-10-8-16(9-11-17)12-4-6-13(7-5-12)18(20)21;1-15(2,3)20-14(19)18-10-8-17(9-11-18)13-6-4-12(16)5-7-13;14-13(15)10-3-1-9(2-4-10)12-7-5-11-6-8-12/h2*4-7H,8-11H2,1-3H3;4-7H,8-11,16H2,1-3H3;1-4,11H,5-8H2. The zero-order chi connectivity index (χ0) is 57.9. The summed E-state index contributed by atoms with van der Waals surface area (Å²) in [6.07, 6.45) is -0.761. The van der Waals surface area contributed by atoms with Gasteiger partial charge in [-0.15, -0.1) is 0 Å². The van der Waals surface area contributed by atoms with E-state index >= 15 is 0 Å². The Morgan fingerprint density at radius 3 is 1.01 bits per heavy atom. The molecule has 3 N–H and O–H groups in total. The number of nitrogen functional groups attached to an aromatic ring is 1. The van der Waals surface area contributed by atoms with E-state index in [0.29, 0.717) is 52.4 Å². The van der Waals surface area contributed by atoms with Gasteiger partial charge in [-0.2, -0.15) is 4.99 Å². The van der Waals surface area contributed by atoms with E-state index in [1.807, 2.05) is 123 Å². The van der Waals surface area contributed by atoms with Crippen LogP contribution in [0.2, 0.25) is 0 Å². The first kappa shape index (κ1) is 62.1. The minimum atomic E-state index is -0.493. The zero-order valence-electron chi connectivity index (χ0n) is 47.1. The summed E-state index contributed by atoms with van der Waals surface area (Å²) >= 11 is 4.59. The van der Waals surface area contributed by atoms with Crippen molar-refractivity contribution in [3.8, 4) is 0 Å². The molecule has 0 aromatic heterocycles. The first-order chi connectivity index (χ1) is 37.3. The minimum absolute atomic E-state index is 0.0798. The van der Waals surface area contributed by atoms with Gasteiger partial charge in [0, 0.05) is 157 Å². The second-order valence-electron chi connectivity index (χ2n) is 22.0. The lowest BCUT2D eigenvalue weighted by Gasteiger charge is -2.36. The summed E-state index contributed by atoms with van der Waals surface area (Å²) in [5.41, 5.74) is 10.3. The van der Waals surface area contributed by atoms with Gasteiger partial charge in [0.25, 0.3) is 11.4 Å². The number of nitrogens with two attached hydrogens (primary N) is 1. The number of hydrogen-bond donors (Lipinski definition) is 2. The molecule has 4 fully saturated rings. The number of isothiocyanates is 1. The van der Waals surface area contributed by atoms with Crippen LogP contribution in [-0.2, 0) is 14.2 Å². The highest BCUT2D eigenvalue weighted by molar-refractivity contribution is 7.78. The number of thiocarbonyl (C=S) groups is 1. The summed E-state index contributed by atoms with van der Waals surface area (Å²) in [5, 5.41) is 26.7. The fraction of sp³-hybridized carbons (Fsp3) is 0.500. The number of ether oxygens (including phenoxy) is 3. The number of nitrogens with one attached hydrogen (secondary N) is 1. The fourth-order valence-corrected chi connectivity index (χ4v) is 8.50. The average molecular weight is 1110 g/mol. The molecule has 0 bridgehead atoms. The number of carbonyl (C=O) groups excluding carboxylic acids is 3. The van der Waals surface area contributed by atoms with Crippen LogP contribution in [0.25, 0.3) is 0 Å². The van der Waals surface area contributed by atoms with Gasteiger partial charge in [0.1, 0.15) is 16.8 Å². The molecule has 0 saturated carbocycles. The van der Waals surface area contributed by atoms with Gasteiger partial charge in [0.05, 0.1) is 20.7 Å². The van der Waals surface area contributed by atoms with E-state index in [9.17, 15) is 34.6 Å². The Kier molecular flexibility index (Phi) is 22.6. The molecule has 0 unspecified atom stereocenters. The molecule has 4 aliphatic heterocycles. The third-order valence-corrected chi connectivity index (χ3v) is 12.5. The lowest BCUT2D eigenvalue weighted by atomic mass is 10.2. The third-order valence-electron chi connectivity index (χ3n) is 12.4. The molecular formula is C56H78N12O10S. The van der Waals surface area contributed by atoms with Crippen molar-refractivity contribution in [2.45, 2.75) is 79.1 Å². The average Bonchev–Trinajstić information content (AvgIpc) is 3.41. The number of hydrogen-bond acceptors (Lipinski definition) is 18. The van der Waals surface area contributed by atoms with Crippen molar-refractivity contribution in [3.63, 3.8) is 0 Å². The molecular weight excluding hydrogens is 1030 g/mol. The molecule has 79 heavy (non-hydrogen) atoms. The normalized spacial score (nSPS) is 15.8. The van der Waals surface area contributed by atoms with Gasteiger partial charge in [-0.1, -0.05) is 0 Å². The molecule has 0 aliphatic carbocycles. The summed E-state index contributed by atoms with van der Waals surface area (Å²) < 4.78 is 16.1. The van der Waals surface area contributed by atoms with E-state index in [2.05, 4.69) is 47.3 Å². The van der Waals surface area contributed by atoms with E-state index in [0.717, 1.165) is 86.5 Å². The van der Waals surface area contributed by atoms with Crippen LogP contribution in [0.4, 0.5) is 59.9 Å². The van der Waals surface area contributed by atoms with Gasteiger partial charge in [-0.3, -0.25) is 20.2 Å². The number of anilines is 5. The van der Waals surface area contributed by atoms with E-state index in [1.54, 1.807) is 39.0 Å². The summed E-state index contributed by atoms with van der Waals surface area (Å²) in [4.78, 5) is 74.3. The lowest BCUT2D eigenvalue weighted by Crippen LogP contribution is -2.50. The lowest BCUT2D eigenvalue weighted by molar-refractivity contribution is -0.385. The van der Waals surface area contributed by atoms with Gasteiger partial charge in [-0.25, -0.2) is 14.4 Å². The molecule has 4 aromatic rings. The minimum Gasteiger partial charge on any atom is -0.444 e. The quantitative estimate of drug-likeness (QED) is 0.0437. The molecule has 0 radical (unpaired) electrons. The van der Waals surface area contributed by atoms with Crippen molar-refractivity contribution in [2.24, 2.45) is 4.99 Å². The number of piperazine rings is 4. The molecule has 3 amide bonds. The molecule has 0 spiro atoms. The highest BCUT2D eigenvalue weighted by Crippen LogP contribution is 2.25. The van der Waals surface area contributed by atoms with Gasteiger partial charge < -0.3 is 59.6 Å². The number of amides is 3. The molecule has 0 atom stereocenters. The predicted octanol–water partition coefficient (Wildman–Crippen LogP) is 9.46. The largest absolute Gasteiger partial charge is 0.444 e. The SMILES string of the molecule is CC(C)(C)OC(=O)N1CCN(c2ccc(N)cc2)CC1.CC(C)(C)OC(=O)N1CCN(c2ccc(N=C=S)cc2)CC1.CC(C)(C)OC(=O)N1CCN(c2ccc([N+](=O)[O-])cc2)CC1.O=[N+]([O-])c1ccc(N2CCNCC2)cc1. The van der Waals surface area contributed by atoms with Crippen molar-refractivity contribution in [2.75, 3.05) is 130 Å². The number of nitro benzene ring substituents is 2. The van der Waals surface area contributed by atoms with Gasteiger partial charge in [0.15, 0.2) is 0 Å². The van der Waals surface area contributed by atoms with Crippen LogP contribution in [0.1, 0.15) is 62.3 Å². The number of nitro groups is 2. The Labute approximate surface area is 469 Å². The van der Waals surface area contributed by atoms with E-state index < -0.39 is 21.7 Å². The number of carbonyl (C=O) groups is 3. The second kappa shape index (κ2) is 28.7. The summed E-state index contributed by atoms with van der Waals surface area (Å²) in [6, 6.07) is 28.9. The van der Waals surface area contributed by atoms with Crippen molar-refractivity contribution in [3.05, 3.63) is 117 Å². The maximum atomic E-state index is 12.0. The van der Waals surface area contributed by atoms with Crippen molar-refractivity contribution >= 4 is 81.2 Å². The Bertz CT molecular complexity index is 2550. The van der Waals surface area contributed by atoms with Gasteiger partial charge in [-0.05, 0) is 147 Å². The van der Waals surface area contributed by atoms with Crippen LogP contribution in [0.3, 0.4) is 0 Å². The fourth-order valence-electron chi connectivity index (χ4n) is 8.39. The summed E-state index contributed by atoms with van der Waals surface area (Å²) in [6.45, 7) is 29.1. The predicted molar refractivity (Wildman–Crippen MR) is 313 cm³/mol. The highest BCUT2D eigenvalue weighted by Gasteiger charge is 2.29. The van der Waals surface area contributed by atoms with Crippen LogP contribution in [0.5, 0.6) is 0 Å². The van der Waals surface area contributed by atoms with Crippen molar-refractivity contribution in [1.82, 2.24) is 20.0 Å². The molecule has 4 aromatic carbocycles. The Morgan fingerprint density at radius 1 is 0.481 bits per heavy atom. The number of nitrogens with zero attached hydrogens (tertiary/aromatic N) is 10. The molecule has 4 heterocycles. The van der Waals surface area contributed by atoms with Crippen LogP contribution >= 0.6 is 12.2 Å². The maximum Gasteiger partial charge on any atom is 0.410 e. The van der Waals surface area contributed by atoms with Crippen LogP contribution < -0.4 is 30.7 Å². The van der Waals surface area contributed by atoms with E-state index in [-0.39, 0.29) is 34.6 Å². The Morgan fingerprint density at radius 2 is 0.747 bits per heavy atom. The Hall–Kier alpha value is -7.75. The van der Waals surface area contributed by atoms with Crippen LogP contribution in [0, 0.1) is 20.2 Å². The number of benzene rings is 4. The highest BCUT2D eigenvalue weighted by atomic mass is 32.1. The van der Waals surface area contributed by atoms with E-state index in [1.165, 1.54) is 12.1 Å². The number of rotatable bonds is 7. The van der Waals surface area contributed by atoms with Gasteiger partial charge >= 0.3 is 18.3 Å². The zero-order valence-corrected chi connectivity index (χ0v) is 47.9. The van der Waals surface area contributed by atoms with Crippen molar-refractivity contribution in [1.29, 1.82) is 0 Å². The molecule has 22 nitrogen and oxygen atoms in total. The molecule has 428 valence electrons. The molecule has 4 aliphatic rings. The smallest absolute Gasteiger partial charge is 0.410 e. The topological polar surface area (TPSA) is 238 Å². The first-order valence-electron chi connectivity index (χ1n) is 26.4. The monoisotopic (exact) mass is 1110 g/mol. The second-order valence-corrected chi connectivity index (χ2v) is 22.1. The summed E-state index contributed by atoms with van der Waals surface area (Å²) in [7, 11) is 0. The molecule has 23 heteroatoms. The van der Waals surface area contributed by atoms with Gasteiger partial charge in [0.2, 0.25) is 0 Å². The van der Waals surface area contributed by atoms with Crippen LogP contribution in [-0.4, -0.2) is 170 Å². The molecule has 8 rings (SSSR count). The number of non-ortho nitro benzene ring substituents is 2. The number of aliphatic imine (C=N–C) groups is 1. The first-order valence-corrected chi connectivity index (χ1v) is 26.8. The maximum absolute atomic E-state index is 12.0. The summed E-state index contributed by atoms with van der Waals surface area (Å²) in [5.74, 6) is 0. The van der Waals surface area contributed by atoms with E-state index in [4.69, 9.17) is 19.9 Å².